The Labute approximate surface area is 132 Å². The van der Waals surface area contributed by atoms with Gasteiger partial charge < -0.3 is 15.2 Å². The molecule has 0 radical (unpaired) electrons. The fourth-order valence-electron chi connectivity index (χ4n) is 3.56. The Bertz CT molecular complexity index is 827. The average Bonchev–Trinajstić information content (AvgIpc) is 3.25. The molecule has 23 heavy (non-hydrogen) atoms. The monoisotopic (exact) mass is 309 g/mol. The van der Waals surface area contributed by atoms with Crippen molar-refractivity contribution < 1.29 is 19.4 Å². The van der Waals surface area contributed by atoms with Crippen LogP contribution in [0.5, 0.6) is 5.75 Å². The van der Waals surface area contributed by atoms with Crippen molar-refractivity contribution in [3.8, 4) is 5.75 Å². The van der Waals surface area contributed by atoms with Crippen molar-refractivity contribution in [3.63, 3.8) is 0 Å². The molecule has 0 bridgehead atoms. The summed E-state index contributed by atoms with van der Waals surface area (Å²) in [5.74, 6) is -0.189. The second kappa shape index (κ2) is 4.59. The van der Waals surface area contributed by atoms with E-state index < -0.39 is 11.4 Å². The molecule has 2 aromatic rings. The average molecular weight is 309 g/mol. The molecule has 5 nitrogen and oxygen atoms in total. The summed E-state index contributed by atoms with van der Waals surface area (Å²) in [6.07, 6.45) is 0.696. The van der Waals surface area contributed by atoms with Gasteiger partial charge in [0.05, 0.1) is 18.1 Å². The van der Waals surface area contributed by atoms with E-state index in [0.29, 0.717) is 6.42 Å². The van der Waals surface area contributed by atoms with Crippen LogP contribution < -0.4 is 10.1 Å². The molecule has 5 heteroatoms. The molecule has 1 aliphatic carbocycles. The number of anilines is 1. The van der Waals surface area contributed by atoms with Gasteiger partial charge in [0.2, 0.25) is 5.91 Å². The normalized spacial score (nSPS) is 24.2. The maximum atomic E-state index is 12.5. The van der Waals surface area contributed by atoms with Gasteiger partial charge in [-0.3, -0.25) is 4.79 Å². The van der Waals surface area contributed by atoms with E-state index >= 15 is 0 Å². The molecule has 2 N–H and O–H groups in total. The summed E-state index contributed by atoms with van der Waals surface area (Å²) in [6.45, 7) is 0. The molecule has 0 saturated heterocycles. The molecule has 4 rings (SSSR count). The number of hydrogen-bond donors (Lipinski definition) is 2. The van der Waals surface area contributed by atoms with Crippen molar-refractivity contribution in [1.29, 1.82) is 0 Å². The highest BCUT2D eigenvalue weighted by atomic mass is 16.5. The lowest BCUT2D eigenvalue weighted by molar-refractivity contribution is -0.118. The molecule has 1 saturated carbocycles. The predicted molar refractivity (Wildman–Crippen MR) is 84.1 cm³/mol. The van der Waals surface area contributed by atoms with Crippen molar-refractivity contribution in [1.82, 2.24) is 0 Å². The van der Waals surface area contributed by atoms with Crippen LogP contribution in [0.4, 0.5) is 5.69 Å². The minimum absolute atomic E-state index is 0.0455. The number of benzene rings is 2. The molecular formula is C18H15NO4. The van der Waals surface area contributed by atoms with E-state index in [1.54, 1.807) is 19.2 Å². The molecule has 1 spiro atoms. The molecular weight excluding hydrogens is 294 g/mol. The van der Waals surface area contributed by atoms with Gasteiger partial charge in [-0.05, 0) is 47.9 Å². The molecule has 2 aliphatic rings. The number of rotatable bonds is 3. The Balaban J connectivity index is 1.74. The molecule has 1 aliphatic heterocycles. The van der Waals surface area contributed by atoms with Crippen LogP contribution in [0, 0.1) is 0 Å². The van der Waals surface area contributed by atoms with Crippen LogP contribution in [0.25, 0.3) is 0 Å². The van der Waals surface area contributed by atoms with E-state index in [-0.39, 0.29) is 17.4 Å². The van der Waals surface area contributed by atoms with E-state index in [1.165, 1.54) is 6.07 Å². The summed E-state index contributed by atoms with van der Waals surface area (Å²) in [7, 11) is 1.61. The lowest BCUT2D eigenvalue weighted by Gasteiger charge is -2.10. The van der Waals surface area contributed by atoms with Gasteiger partial charge in [-0.2, -0.15) is 0 Å². The first kappa shape index (κ1) is 13.8. The number of aromatic carboxylic acids is 1. The number of carboxylic acid groups (broad SMARTS) is 1. The van der Waals surface area contributed by atoms with E-state index in [0.717, 1.165) is 22.6 Å². The van der Waals surface area contributed by atoms with Gasteiger partial charge in [0.15, 0.2) is 0 Å². The van der Waals surface area contributed by atoms with Gasteiger partial charge in [-0.1, -0.05) is 12.1 Å². The highest BCUT2D eigenvalue weighted by molar-refractivity contribution is 6.10. The number of methoxy groups -OCH3 is 1. The van der Waals surface area contributed by atoms with E-state index in [2.05, 4.69) is 5.32 Å². The van der Waals surface area contributed by atoms with Crippen LogP contribution in [0.2, 0.25) is 0 Å². The topological polar surface area (TPSA) is 75.6 Å². The fraction of sp³-hybridized carbons (Fsp3) is 0.222. The third kappa shape index (κ3) is 1.86. The van der Waals surface area contributed by atoms with Gasteiger partial charge in [0, 0.05) is 11.6 Å². The van der Waals surface area contributed by atoms with Crippen LogP contribution in [0.1, 0.15) is 33.8 Å². The van der Waals surface area contributed by atoms with Crippen LogP contribution in [-0.4, -0.2) is 24.1 Å². The molecule has 1 fully saturated rings. The van der Waals surface area contributed by atoms with Crippen LogP contribution in [0.3, 0.4) is 0 Å². The Morgan fingerprint density at radius 2 is 2.00 bits per heavy atom. The molecule has 2 atom stereocenters. The number of carbonyl (C=O) groups excluding carboxylic acids is 1. The van der Waals surface area contributed by atoms with Crippen LogP contribution in [0.15, 0.2) is 42.5 Å². The molecule has 1 heterocycles. The SMILES string of the molecule is COc1ccc(C2CC23C(=O)Nc2ccc(C(=O)O)cc23)cc1. The number of hydrogen-bond acceptors (Lipinski definition) is 3. The Morgan fingerprint density at radius 3 is 2.65 bits per heavy atom. The van der Waals surface area contributed by atoms with Gasteiger partial charge in [-0.15, -0.1) is 0 Å². The Kier molecular flexibility index (Phi) is 2.75. The quantitative estimate of drug-likeness (QED) is 0.914. The summed E-state index contributed by atoms with van der Waals surface area (Å²) in [6, 6.07) is 12.5. The molecule has 2 unspecified atom stereocenters. The standard InChI is InChI=1S/C18H15NO4/c1-23-12-5-2-10(3-6-12)14-9-18(14)13-8-11(16(20)21)4-7-15(13)19-17(18)22/h2-8,14H,9H2,1H3,(H,19,22)(H,20,21). The van der Waals surface area contributed by atoms with Gasteiger partial charge in [-0.25, -0.2) is 4.79 Å². The summed E-state index contributed by atoms with van der Waals surface area (Å²) >= 11 is 0. The van der Waals surface area contributed by atoms with Gasteiger partial charge in [0.1, 0.15) is 5.75 Å². The summed E-state index contributed by atoms with van der Waals surface area (Å²) in [5, 5.41) is 12.1. The third-order valence-electron chi connectivity index (χ3n) is 4.88. The predicted octanol–water partition coefficient (Wildman–Crippen LogP) is 2.77. The highest BCUT2D eigenvalue weighted by Crippen LogP contribution is 2.65. The second-order valence-corrected chi connectivity index (χ2v) is 6.02. The van der Waals surface area contributed by atoms with Crippen LogP contribution in [-0.2, 0) is 10.2 Å². The fourth-order valence-corrected chi connectivity index (χ4v) is 3.56. The van der Waals surface area contributed by atoms with Gasteiger partial charge >= 0.3 is 5.97 Å². The number of carbonyl (C=O) groups is 2. The maximum absolute atomic E-state index is 12.5. The van der Waals surface area contributed by atoms with Crippen LogP contribution >= 0.6 is 0 Å². The lowest BCUT2D eigenvalue weighted by atomic mass is 9.91. The Morgan fingerprint density at radius 1 is 1.26 bits per heavy atom. The first-order chi connectivity index (χ1) is 11.1. The Hall–Kier alpha value is -2.82. The zero-order chi connectivity index (χ0) is 16.2. The van der Waals surface area contributed by atoms with Crippen molar-refractivity contribution in [2.75, 3.05) is 12.4 Å². The second-order valence-electron chi connectivity index (χ2n) is 6.02. The zero-order valence-electron chi connectivity index (χ0n) is 12.5. The maximum Gasteiger partial charge on any atom is 0.335 e. The largest absolute Gasteiger partial charge is 0.497 e. The molecule has 0 aromatic heterocycles. The van der Waals surface area contributed by atoms with Crippen molar-refractivity contribution in [2.45, 2.75) is 17.8 Å². The number of nitrogens with one attached hydrogen (secondary N) is 1. The molecule has 1 amide bonds. The lowest BCUT2D eigenvalue weighted by Crippen LogP contribution is -2.21. The van der Waals surface area contributed by atoms with E-state index in [1.807, 2.05) is 24.3 Å². The summed E-state index contributed by atoms with van der Waals surface area (Å²) in [5.41, 5.74) is 2.16. The first-order valence-electron chi connectivity index (χ1n) is 7.39. The number of amides is 1. The van der Waals surface area contributed by atoms with Crippen molar-refractivity contribution in [3.05, 3.63) is 59.2 Å². The third-order valence-corrected chi connectivity index (χ3v) is 4.88. The zero-order valence-corrected chi connectivity index (χ0v) is 12.5. The number of carboxylic acids is 1. The highest BCUT2D eigenvalue weighted by Gasteiger charge is 2.65. The minimum Gasteiger partial charge on any atom is -0.497 e. The number of ether oxygens (including phenoxy) is 1. The summed E-state index contributed by atoms with van der Waals surface area (Å²) < 4.78 is 5.16. The van der Waals surface area contributed by atoms with Crippen molar-refractivity contribution in [2.24, 2.45) is 0 Å². The first-order valence-corrected chi connectivity index (χ1v) is 7.39. The summed E-state index contributed by atoms with van der Waals surface area (Å²) in [4.78, 5) is 23.7. The molecule has 116 valence electrons. The smallest absolute Gasteiger partial charge is 0.335 e. The molecule has 2 aromatic carbocycles. The van der Waals surface area contributed by atoms with Crippen molar-refractivity contribution >= 4 is 17.6 Å². The van der Waals surface area contributed by atoms with Gasteiger partial charge in [0.25, 0.3) is 0 Å². The minimum atomic E-state index is -0.982. The van der Waals surface area contributed by atoms with E-state index in [4.69, 9.17) is 4.74 Å². The number of fused-ring (bicyclic) bond motifs is 2. The van der Waals surface area contributed by atoms with E-state index in [9.17, 15) is 14.7 Å².